The molecule has 2 aliphatic rings. The summed E-state index contributed by atoms with van der Waals surface area (Å²) >= 11 is 0. The van der Waals surface area contributed by atoms with E-state index in [1.54, 1.807) is 18.2 Å². The van der Waals surface area contributed by atoms with Crippen LogP contribution >= 0.6 is 0 Å². The van der Waals surface area contributed by atoms with E-state index in [2.05, 4.69) is 0 Å². The van der Waals surface area contributed by atoms with Gasteiger partial charge in [-0.15, -0.1) is 0 Å². The highest BCUT2D eigenvalue weighted by Gasteiger charge is 2.32. The van der Waals surface area contributed by atoms with E-state index in [0.29, 0.717) is 36.0 Å². The van der Waals surface area contributed by atoms with E-state index in [9.17, 15) is 13.2 Å². The maximum Gasteiger partial charge on any atom is 0.264 e. The molecule has 2 aromatic rings. The Hall–Kier alpha value is -2.74. The molecule has 0 N–H and O–H groups in total. The molecule has 0 spiro atoms. The van der Waals surface area contributed by atoms with Gasteiger partial charge in [0.05, 0.1) is 29.4 Å². The molecule has 0 unspecified atom stereocenters. The average molecular weight is 388 g/mol. The maximum absolute atomic E-state index is 13.3. The number of carbonyl (C=O) groups excluding carboxylic acids is 1. The van der Waals surface area contributed by atoms with Gasteiger partial charge >= 0.3 is 0 Å². The van der Waals surface area contributed by atoms with Crippen LogP contribution in [0.1, 0.15) is 12.5 Å². The lowest BCUT2D eigenvalue weighted by Gasteiger charge is -2.32. The van der Waals surface area contributed by atoms with Crippen LogP contribution in [0.3, 0.4) is 0 Å². The number of nitrogens with zero attached hydrogens (tertiary/aromatic N) is 2. The fourth-order valence-electron chi connectivity index (χ4n) is 3.37. The van der Waals surface area contributed by atoms with Crippen molar-refractivity contribution in [1.82, 2.24) is 0 Å². The molecule has 142 valence electrons. The molecular formula is C19H20N2O5S. The van der Waals surface area contributed by atoms with Crippen molar-refractivity contribution in [3.63, 3.8) is 0 Å². The van der Waals surface area contributed by atoms with E-state index in [1.807, 2.05) is 13.0 Å². The molecule has 0 aliphatic carbocycles. The van der Waals surface area contributed by atoms with Gasteiger partial charge in [0.1, 0.15) is 24.7 Å². The lowest BCUT2D eigenvalue weighted by Crippen LogP contribution is -2.39. The molecule has 2 aliphatic heterocycles. The largest absolute Gasteiger partial charge is 0.490 e. The zero-order valence-electron chi connectivity index (χ0n) is 15.1. The summed E-state index contributed by atoms with van der Waals surface area (Å²) < 4.78 is 39.2. The van der Waals surface area contributed by atoms with Crippen LogP contribution in [0.2, 0.25) is 0 Å². The minimum absolute atomic E-state index is 0.118. The zero-order valence-corrected chi connectivity index (χ0v) is 16.0. The summed E-state index contributed by atoms with van der Waals surface area (Å²) in [6.45, 7) is 4.64. The van der Waals surface area contributed by atoms with Crippen molar-refractivity contribution in [2.24, 2.45) is 0 Å². The topological polar surface area (TPSA) is 76.2 Å². The predicted octanol–water partition coefficient (Wildman–Crippen LogP) is 2.33. The molecule has 0 atom stereocenters. The number of hydrogen-bond acceptors (Lipinski definition) is 5. The molecule has 0 saturated heterocycles. The second-order valence-corrected chi connectivity index (χ2v) is 8.41. The minimum Gasteiger partial charge on any atom is -0.490 e. The minimum atomic E-state index is -3.81. The first-order chi connectivity index (χ1) is 12.9. The van der Waals surface area contributed by atoms with Crippen LogP contribution in [0.15, 0.2) is 41.3 Å². The van der Waals surface area contributed by atoms with Gasteiger partial charge in [-0.1, -0.05) is 6.07 Å². The standard InChI is InChI=1S/C19H20N2O5S/c1-13-3-5-19-17(11-13)21(8-10-26-19)27(23,24)15-4-6-18-16(12-15)20(14(2)22)7-9-25-18/h3-6,11-12H,7-10H2,1-2H3. The molecule has 0 saturated carbocycles. The molecule has 7 nitrogen and oxygen atoms in total. The predicted molar refractivity (Wildman–Crippen MR) is 101 cm³/mol. The average Bonchev–Trinajstić information content (AvgIpc) is 2.66. The SMILES string of the molecule is CC(=O)N1CCOc2ccc(S(=O)(=O)N3CCOc4ccc(C)cc43)cc21. The number of hydrogen-bond donors (Lipinski definition) is 0. The van der Waals surface area contributed by atoms with Gasteiger partial charge in [0.25, 0.3) is 10.0 Å². The molecule has 27 heavy (non-hydrogen) atoms. The normalized spacial score (nSPS) is 16.1. The number of fused-ring (bicyclic) bond motifs is 2. The lowest BCUT2D eigenvalue weighted by atomic mass is 10.2. The Morgan fingerprint density at radius 2 is 1.63 bits per heavy atom. The highest BCUT2D eigenvalue weighted by molar-refractivity contribution is 7.92. The van der Waals surface area contributed by atoms with Crippen LogP contribution in [-0.4, -0.2) is 40.6 Å². The fourth-order valence-corrected chi connectivity index (χ4v) is 4.84. The summed E-state index contributed by atoms with van der Waals surface area (Å²) in [6, 6.07) is 10.1. The van der Waals surface area contributed by atoms with Crippen molar-refractivity contribution in [3.8, 4) is 11.5 Å². The number of benzene rings is 2. The Bertz CT molecular complexity index is 1020. The summed E-state index contributed by atoms with van der Waals surface area (Å²) in [7, 11) is -3.81. The molecule has 8 heteroatoms. The molecule has 2 heterocycles. The lowest BCUT2D eigenvalue weighted by molar-refractivity contribution is -0.116. The monoisotopic (exact) mass is 388 g/mol. The fraction of sp³-hybridized carbons (Fsp3) is 0.316. The summed E-state index contributed by atoms with van der Waals surface area (Å²) in [5.41, 5.74) is 1.95. The van der Waals surface area contributed by atoms with Crippen molar-refractivity contribution >= 4 is 27.3 Å². The Balaban J connectivity index is 1.79. The van der Waals surface area contributed by atoms with E-state index < -0.39 is 10.0 Å². The second-order valence-electron chi connectivity index (χ2n) is 6.55. The van der Waals surface area contributed by atoms with Gasteiger partial charge in [-0.05, 0) is 42.8 Å². The van der Waals surface area contributed by atoms with Gasteiger partial charge < -0.3 is 14.4 Å². The van der Waals surface area contributed by atoms with E-state index in [0.717, 1.165) is 5.56 Å². The first-order valence-electron chi connectivity index (χ1n) is 8.69. The quantitative estimate of drug-likeness (QED) is 0.789. The molecular weight excluding hydrogens is 368 g/mol. The molecule has 1 amide bonds. The molecule has 0 fully saturated rings. The van der Waals surface area contributed by atoms with E-state index in [4.69, 9.17) is 9.47 Å². The van der Waals surface area contributed by atoms with Crippen molar-refractivity contribution in [1.29, 1.82) is 0 Å². The number of anilines is 2. The summed E-state index contributed by atoms with van der Waals surface area (Å²) in [4.78, 5) is 13.6. The van der Waals surface area contributed by atoms with E-state index in [-0.39, 0.29) is 24.0 Å². The zero-order chi connectivity index (χ0) is 19.2. The van der Waals surface area contributed by atoms with Crippen molar-refractivity contribution < 1.29 is 22.7 Å². The van der Waals surface area contributed by atoms with Gasteiger partial charge in [0, 0.05) is 6.92 Å². The number of ether oxygens (including phenoxy) is 2. The highest BCUT2D eigenvalue weighted by Crippen LogP contribution is 2.39. The molecule has 2 aromatic carbocycles. The van der Waals surface area contributed by atoms with Crippen LogP contribution in [0, 0.1) is 6.92 Å². The Morgan fingerprint density at radius 1 is 0.963 bits per heavy atom. The second kappa shape index (κ2) is 6.45. The summed E-state index contributed by atoms with van der Waals surface area (Å²) in [5.74, 6) is 0.900. The molecule has 4 rings (SSSR count). The number of carbonyl (C=O) groups is 1. The number of aryl methyl sites for hydroxylation is 1. The maximum atomic E-state index is 13.3. The van der Waals surface area contributed by atoms with Crippen molar-refractivity contribution in [2.75, 3.05) is 35.5 Å². The molecule has 0 radical (unpaired) electrons. The van der Waals surface area contributed by atoms with E-state index in [1.165, 1.54) is 28.3 Å². The van der Waals surface area contributed by atoms with Crippen LogP contribution < -0.4 is 18.7 Å². The third kappa shape index (κ3) is 2.99. The first kappa shape index (κ1) is 17.7. The number of rotatable bonds is 2. The molecule has 0 bridgehead atoms. The van der Waals surface area contributed by atoms with E-state index >= 15 is 0 Å². The smallest absolute Gasteiger partial charge is 0.264 e. The van der Waals surface area contributed by atoms with Gasteiger partial charge in [-0.25, -0.2) is 8.42 Å². The van der Waals surface area contributed by atoms with Gasteiger partial charge in [0.2, 0.25) is 5.91 Å². The van der Waals surface area contributed by atoms with Gasteiger partial charge in [-0.3, -0.25) is 9.10 Å². The third-order valence-corrected chi connectivity index (χ3v) is 6.51. The first-order valence-corrected chi connectivity index (χ1v) is 10.1. The molecule has 0 aromatic heterocycles. The van der Waals surface area contributed by atoms with Crippen LogP contribution in [-0.2, 0) is 14.8 Å². The third-order valence-electron chi connectivity index (χ3n) is 4.70. The number of sulfonamides is 1. The number of amides is 1. The highest BCUT2D eigenvalue weighted by atomic mass is 32.2. The van der Waals surface area contributed by atoms with Crippen LogP contribution in [0.4, 0.5) is 11.4 Å². The van der Waals surface area contributed by atoms with Gasteiger partial charge in [-0.2, -0.15) is 0 Å². The summed E-state index contributed by atoms with van der Waals surface area (Å²) in [5, 5.41) is 0. The van der Waals surface area contributed by atoms with Crippen molar-refractivity contribution in [2.45, 2.75) is 18.7 Å². The van der Waals surface area contributed by atoms with Crippen molar-refractivity contribution in [3.05, 3.63) is 42.0 Å². The Morgan fingerprint density at radius 3 is 2.37 bits per heavy atom. The summed E-state index contributed by atoms with van der Waals surface area (Å²) in [6.07, 6.45) is 0. The Labute approximate surface area is 158 Å². The van der Waals surface area contributed by atoms with Crippen LogP contribution in [0.25, 0.3) is 0 Å². The van der Waals surface area contributed by atoms with Crippen LogP contribution in [0.5, 0.6) is 11.5 Å². The van der Waals surface area contributed by atoms with Gasteiger partial charge in [0.15, 0.2) is 0 Å². The Kier molecular flexibility index (Phi) is 4.22.